The number of likely N-dealkylation sites (N-methyl/N-ethyl adjacent to an activating group) is 1. The Morgan fingerprint density at radius 3 is 2.95 bits per heavy atom. The van der Waals surface area contributed by atoms with Crippen LogP contribution in [0.1, 0.15) is 44.2 Å². The van der Waals surface area contributed by atoms with E-state index in [2.05, 4.69) is 10.2 Å². The van der Waals surface area contributed by atoms with Gasteiger partial charge in [-0.25, -0.2) is 0 Å². The van der Waals surface area contributed by atoms with Crippen molar-refractivity contribution in [2.45, 2.75) is 56.8 Å². The van der Waals surface area contributed by atoms with Gasteiger partial charge in [0.15, 0.2) is 0 Å². The van der Waals surface area contributed by atoms with Crippen molar-refractivity contribution in [3.05, 3.63) is 18.0 Å². The zero-order chi connectivity index (χ0) is 13.3. The molecule has 1 N–H and O–H groups in total. The van der Waals surface area contributed by atoms with Gasteiger partial charge in [-0.2, -0.15) is 5.10 Å². The van der Waals surface area contributed by atoms with E-state index in [4.69, 9.17) is 4.74 Å². The molecule has 2 aliphatic rings. The first-order chi connectivity index (χ1) is 9.19. The monoisotopic (exact) mass is 263 g/mol. The van der Waals surface area contributed by atoms with Gasteiger partial charge in [0.25, 0.3) is 5.91 Å². The number of amides is 1. The van der Waals surface area contributed by atoms with Crippen molar-refractivity contribution in [1.29, 1.82) is 0 Å². The maximum absolute atomic E-state index is 12.4. The van der Waals surface area contributed by atoms with Crippen molar-refractivity contribution in [2.24, 2.45) is 0 Å². The molecule has 0 radical (unpaired) electrons. The number of ether oxygens (including phenoxy) is 1. The minimum Gasteiger partial charge on any atom is -0.362 e. The van der Waals surface area contributed by atoms with Gasteiger partial charge in [-0.1, -0.05) is 0 Å². The summed E-state index contributed by atoms with van der Waals surface area (Å²) in [5.41, 5.74) is 0.984. The number of carbonyl (C=O) groups excluding carboxylic acids is 1. The van der Waals surface area contributed by atoms with Gasteiger partial charge >= 0.3 is 0 Å². The molecule has 1 aliphatic carbocycles. The molecule has 2 fully saturated rings. The van der Waals surface area contributed by atoms with Gasteiger partial charge in [0.2, 0.25) is 0 Å². The summed E-state index contributed by atoms with van der Waals surface area (Å²) >= 11 is 0. The molecule has 2 heterocycles. The predicted octanol–water partition coefficient (Wildman–Crippen LogP) is 1.86. The highest BCUT2D eigenvalue weighted by Gasteiger charge is 2.44. The third kappa shape index (κ3) is 2.52. The third-order valence-electron chi connectivity index (χ3n) is 4.37. The summed E-state index contributed by atoms with van der Waals surface area (Å²) in [6.45, 7) is 0.561. The lowest BCUT2D eigenvalue weighted by molar-refractivity contribution is -0.186. The van der Waals surface area contributed by atoms with E-state index in [1.807, 2.05) is 13.1 Å². The Labute approximate surface area is 113 Å². The van der Waals surface area contributed by atoms with Gasteiger partial charge in [-0.3, -0.25) is 9.89 Å². The van der Waals surface area contributed by atoms with Crippen LogP contribution in [0.5, 0.6) is 0 Å². The molecule has 19 heavy (non-hydrogen) atoms. The summed E-state index contributed by atoms with van der Waals surface area (Å²) in [7, 11) is 1.83. The summed E-state index contributed by atoms with van der Waals surface area (Å²) in [4.78, 5) is 14.2. The first kappa shape index (κ1) is 12.7. The Balaban J connectivity index is 1.59. The summed E-state index contributed by atoms with van der Waals surface area (Å²) < 4.78 is 6.09. The molecule has 1 unspecified atom stereocenters. The largest absolute Gasteiger partial charge is 0.362 e. The average molecular weight is 263 g/mol. The lowest BCUT2D eigenvalue weighted by atomic mass is 9.74. The predicted molar refractivity (Wildman–Crippen MR) is 70.4 cm³/mol. The van der Waals surface area contributed by atoms with Gasteiger partial charge in [-0.15, -0.1) is 0 Å². The molecular formula is C14H21N3O2. The Morgan fingerprint density at radius 1 is 1.53 bits per heavy atom. The van der Waals surface area contributed by atoms with E-state index in [-0.39, 0.29) is 17.6 Å². The quantitative estimate of drug-likeness (QED) is 0.905. The SMILES string of the molecule is CN(Cc1ccn[nH]1)C(=O)C1CCCC2(CCC2)O1. The molecule has 1 saturated carbocycles. The van der Waals surface area contributed by atoms with Crippen LogP contribution in [0.4, 0.5) is 0 Å². The van der Waals surface area contributed by atoms with E-state index in [0.29, 0.717) is 6.54 Å². The maximum Gasteiger partial charge on any atom is 0.251 e. The van der Waals surface area contributed by atoms with Crippen molar-refractivity contribution >= 4 is 5.91 Å². The molecular weight excluding hydrogens is 242 g/mol. The summed E-state index contributed by atoms with van der Waals surface area (Å²) in [6, 6.07) is 1.89. The first-order valence-electron chi connectivity index (χ1n) is 7.10. The van der Waals surface area contributed by atoms with Crippen LogP contribution < -0.4 is 0 Å². The van der Waals surface area contributed by atoms with Gasteiger partial charge in [0, 0.05) is 13.2 Å². The van der Waals surface area contributed by atoms with Gasteiger partial charge in [-0.05, 0) is 44.6 Å². The zero-order valence-corrected chi connectivity index (χ0v) is 11.4. The Kier molecular flexibility index (Phi) is 3.31. The zero-order valence-electron chi connectivity index (χ0n) is 11.4. The number of hydrogen-bond acceptors (Lipinski definition) is 3. The highest BCUT2D eigenvalue weighted by Crippen LogP contribution is 2.44. The van der Waals surface area contributed by atoms with Crippen molar-refractivity contribution in [3.8, 4) is 0 Å². The molecule has 1 aliphatic heterocycles. The fraction of sp³-hybridized carbons (Fsp3) is 0.714. The smallest absolute Gasteiger partial charge is 0.251 e. The number of nitrogens with zero attached hydrogens (tertiary/aromatic N) is 2. The molecule has 1 aromatic heterocycles. The summed E-state index contributed by atoms with van der Waals surface area (Å²) in [5, 5.41) is 6.78. The molecule has 1 spiro atoms. The number of carbonyl (C=O) groups is 1. The summed E-state index contributed by atoms with van der Waals surface area (Å²) in [5.74, 6) is 0.0978. The number of rotatable bonds is 3. The fourth-order valence-corrected chi connectivity index (χ4v) is 3.09. The van der Waals surface area contributed by atoms with Crippen molar-refractivity contribution in [1.82, 2.24) is 15.1 Å². The van der Waals surface area contributed by atoms with E-state index < -0.39 is 0 Å². The summed E-state index contributed by atoms with van der Waals surface area (Å²) in [6.07, 6.45) is 8.03. The molecule has 5 nitrogen and oxygen atoms in total. The normalized spacial score (nSPS) is 25.0. The van der Waals surface area contributed by atoms with E-state index >= 15 is 0 Å². The molecule has 104 valence electrons. The first-order valence-corrected chi connectivity index (χ1v) is 7.10. The highest BCUT2D eigenvalue weighted by atomic mass is 16.5. The Hall–Kier alpha value is -1.36. The number of aromatic amines is 1. The standard InChI is InChI=1S/C14H21N3O2/c1-17(10-11-5-9-15-16-11)13(18)12-4-2-6-14(19-12)7-3-8-14/h5,9,12H,2-4,6-8,10H2,1H3,(H,15,16). The minimum atomic E-state index is -0.248. The number of aromatic nitrogens is 2. The van der Waals surface area contributed by atoms with E-state index in [0.717, 1.165) is 37.8 Å². The minimum absolute atomic E-state index is 0.0351. The maximum atomic E-state index is 12.4. The van der Waals surface area contributed by atoms with Crippen LogP contribution in [0, 0.1) is 0 Å². The van der Waals surface area contributed by atoms with Gasteiger partial charge in [0.05, 0.1) is 17.8 Å². The number of H-pyrrole nitrogens is 1. The van der Waals surface area contributed by atoms with Crippen LogP contribution in [-0.2, 0) is 16.1 Å². The van der Waals surface area contributed by atoms with Crippen molar-refractivity contribution in [3.63, 3.8) is 0 Å². The van der Waals surface area contributed by atoms with E-state index in [9.17, 15) is 4.79 Å². The molecule has 3 rings (SSSR count). The molecule has 0 aromatic carbocycles. The Morgan fingerprint density at radius 2 is 2.32 bits per heavy atom. The van der Waals surface area contributed by atoms with Crippen LogP contribution in [0.25, 0.3) is 0 Å². The topological polar surface area (TPSA) is 58.2 Å². The lowest BCUT2D eigenvalue weighted by Crippen LogP contribution is -2.50. The second kappa shape index (κ2) is 4.96. The van der Waals surface area contributed by atoms with E-state index in [1.165, 1.54) is 6.42 Å². The molecule has 1 saturated heterocycles. The van der Waals surface area contributed by atoms with Crippen LogP contribution in [0.3, 0.4) is 0 Å². The van der Waals surface area contributed by atoms with Crippen LogP contribution >= 0.6 is 0 Å². The molecule has 1 amide bonds. The van der Waals surface area contributed by atoms with Gasteiger partial charge in [0.1, 0.15) is 6.10 Å². The lowest BCUT2D eigenvalue weighted by Gasteiger charge is -2.47. The van der Waals surface area contributed by atoms with Crippen LogP contribution in [0.15, 0.2) is 12.3 Å². The molecule has 0 bridgehead atoms. The van der Waals surface area contributed by atoms with Crippen LogP contribution in [-0.4, -0.2) is 39.8 Å². The Bertz CT molecular complexity index is 440. The van der Waals surface area contributed by atoms with Crippen molar-refractivity contribution < 1.29 is 9.53 Å². The van der Waals surface area contributed by atoms with Gasteiger partial charge < -0.3 is 9.64 Å². The fourth-order valence-electron chi connectivity index (χ4n) is 3.09. The highest BCUT2D eigenvalue weighted by molar-refractivity contribution is 5.80. The second-order valence-corrected chi connectivity index (χ2v) is 5.81. The molecule has 1 atom stereocenters. The average Bonchev–Trinajstić information content (AvgIpc) is 2.89. The number of hydrogen-bond donors (Lipinski definition) is 1. The second-order valence-electron chi connectivity index (χ2n) is 5.81. The third-order valence-corrected chi connectivity index (χ3v) is 4.37. The number of nitrogens with one attached hydrogen (secondary N) is 1. The molecule has 1 aromatic rings. The van der Waals surface area contributed by atoms with E-state index in [1.54, 1.807) is 11.1 Å². The molecule has 5 heteroatoms. The van der Waals surface area contributed by atoms with Crippen molar-refractivity contribution in [2.75, 3.05) is 7.05 Å². The van der Waals surface area contributed by atoms with Crippen LogP contribution in [0.2, 0.25) is 0 Å².